The van der Waals surface area contributed by atoms with Crippen LogP contribution in [-0.2, 0) is 14.0 Å². The summed E-state index contributed by atoms with van der Waals surface area (Å²) in [6.07, 6.45) is 4.44. The number of ether oxygens (including phenoxy) is 1. The molecule has 0 saturated carbocycles. The fraction of sp³-hybridized carbons (Fsp3) is 0.348. The highest BCUT2D eigenvalue weighted by Crippen LogP contribution is 2.50. The first-order valence-electron chi connectivity index (χ1n) is 9.78. The van der Waals surface area contributed by atoms with Crippen molar-refractivity contribution in [3.8, 4) is 0 Å². The summed E-state index contributed by atoms with van der Waals surface area (Å²) in [5, 5.41) is 2.47. The predicted molar refractivity (Wildman–Crippen MR) is 110 cm³/mol. The lowest BCUT2D eigenvalue weighted by molar-refractivity contribution is -0.149. The van der Waals surface area contributed by atoms with Crippen LogP contribution < -0.4 is 10.4 Å². The Balaban J connectivity index is 1.91. The number of carbonyl (C=O) groups is 1. The van der Waals surface area contributed by atoms with Crippen molar-refractivity contribution >= 4 is 24.7 Å². The van der Waals surface area contributed by atoms with E-state index < -0.39 is 8.32 Å². The Labute approximate surface area is 162 Å². The number of hydrogen-bond acceptors (Lipinski definition) is 3. The van der Waals surface area contributed by atoms with Gasteiger partial charge in [-0.3, -0.25) is 4.79 Å². The molecule has 4 rings (SSSR count). The zero-order valence-electron chi connectivity index (χ0n) is 15.9. The maximum absolute atomic E-state index is 13.0. The third kappa shape index (κ3) is 2.97. The zero-order valence-corrected chi connectivity index (χ0v) is 16.9. The van der Waals surface area contributed by atoms with Gasteiger partial charge in [-0.15, -0.1) is 0 Å². The molecule has 4 atom stereocenters. The fourth-order valence-electron chi connectivity index (χ4n) is 4.88. The summed E-state index contributed by atoms with van der Waals surface area (Å²) in [6, 6.07) is 21.1. The van der Waals surface area contributed by atoms with Crippen LogP contribution in [-0.4, -0.2) is 27.5 Å². The average molecular weight is 379 g/mol. The second-order valence-electron chi connectivity index (χ2n) is 7.49. The molecule has 1 fully saturated rings. The molecule has 0 amide bonds. The Kier molecular flexibility index (Phi) is 5.02. The largest absolute Gasteiger partial charge is 0.466 e. The van der Waals surface area contributed by atoms with Crippen molar-refractivity contribution in [1.29, 1.82) is 0 Å². The highest BCUT2D eigenvalue weighted by Gasteiger charge is 2.60. The molecule has 0 aromatic heterocycles. The number of esters is 1. The van der Waals surface area contributed by atoms with Crippen LogP contribution >= 0.6 is 0 Å². The summed E-state index contributed by atoms with van der Waals surface area (Å²) in [5.74, 6) is 0.141. The Morgan fingerprint density at radius 3 is 2.19 bits per heavy atom. The molecule has 2 aromatic carbocycles. The van der Waals surface area contributed by atoms with E-state index in [0.29, 0.717) is 13.2 Å². The monoisotopic (exact) mass is 378 g/mol. The van der Waals surface area contributed by atoms with Gasteiger partial charge in [-0.05, 0) is 23.2 Å². The standard InChI is InChI=1S/C23H26O3Si/c1-3-25-23(24)21-17(2)14-15-18-16-26-27(22(18)21,19-10-6-4-7-11-19)20-12-8-5-9-13-20/h4-15,17-18,21-22H,3,16H2,1-2H3/t17-,18-,21-,22-/m1/s1. The molecule has 1 aliphatic heterocycles. The van der Waals surface area contributed by atoms with Crippen molar-refractivity contribution in [2.75, 3.05) is 13.2 Å². The Bertz CT molecular complexity index is 779. The first-order valence-corrected chi connectivity index (χ1v) is 11.8. The van der Waals surface area contributed by atoms with Crippen molar-refractivity contribution in [3.05, 3.63) is 72.8 Å². The van der Waals surface area contributed by atoms with E-state index in [9.17, 15) is 4.79 Å². The van der Waals surface area contributed by atoms with E-state index in [-0.39, 0.29) is 29.3 Å². The van der Waals surface area contributed by atoms with Gasteiger partial charge in [0.05, 0.1) is 12.5 Å². The van der Waals surface area contributed by atoms with Crippen molar-refractivity contribution in [3.63, 3.8) is 0 Å². The first kappa shape index (κ1) is 18.2. The number of fused-ring (bicyclic) bond motifs is 1. The molecule has 1 heterocycles. The van der Waals surface area contributed by atoms with E-state index in [2.05, 4.69) is 67.6 Å². The highest BCUT2D eigenvalue weighted by molar-refractivity contribution is 6.99. The van der Waals surface area contributed by atoms with Gasteiger partial charge in [0.2, 0.25) is 0 Å². The summed E-state index contributed by atoms with van der Waals surface area (Å²) in [6.45, 7) is 5.08. The molecule has 2 aliphatic rings. The fourth-order valence-corrected chi connectivity index (χ4v) is 10.1. The molecule has 0 spiro atoms. The lowest BCUT2D eigenvalue weighted by Crippen LogP contribution is -2.64. The highest BCUT2D eigenvalue weighted by atomic mass is 28.4. The van der Waals surface area contributed by atoms with Crippen LogP contribution in [0.3, 0.4) is 0 Å². The number of rotatable bonds is 4. The maximum Gasteiger partial charge on any atom is 0.309 e. The third-order valence-corrected chi connectivity index (χ3v) is 10.7. The van der Waals surface area contributed by atoms with Crippen LogP contribution in [0.1, 0.15) is 13.8 Å². The second kappa shape index (κ2) is 7.45. The summed E-state index contributed by atoms with van der Waals surface area (Å²) < 4.78 is 12.3. The van der Waals surface area contributed by atoms with Crippen LogP contribution in [0.2, 0.25) is 5.54 Å². The zero-order chi connectivity index (χ0) is 18.9. The molecule has 4 heteroatoms. The first-order chi connectivity index (χ1) is 13.2. The van der Waals surface area contributed by atoms with E-state index in [1.54, 1.807) is 0 Å². The summed E-state index contributed by atoms with van der Waals surface area (Å²) in [7, 11) is -2.60. The van der Waals surface area contributed by atoms with E-state index in [4.69, 9.17) is 9.16 Å². The topological polar surface area (TPSA) is 35.5 Å². The Hall–Kier alpha value is -2.17. The molecule has 140 valence electrons. The van der Waals surface area contributed by atoms with E-state index >= 15 is 0 Å². The van der Waals surface area contributed by atoms with Gasteiger partial charge >= 0.3 is 5.97 Å². The number of benzene rings is 2. The van der Waals surface area contributed by atoms with E-state index in [0.717, 1.165) is 0 Å². The van der Waals surface area contributed by atoms with E-state index in [1.165, 1.54) is 10.4 Å². The minimum atomic E-state index is -2.60. The molecule has 0 N–H and O–H groups in total. The smallest absolute Gasteiger partial charge is 0.309 e. The maximum atomic E-state index is 13.0. The summed E-state index contributed by atoms with van der Waals surface area (Å²) in [4.78, 5) is 13.0. The minimum Gasteiger partial charge on any atom is -0.466 e. The van der Waals surface area contributed by atoms with Crippen LogP contribution in [0.5, 0.6) is 0 Å². The van der Waals surface area contributed by atoms with Gasteiger partial charge < -0.3 is 9.16 Å². The molecular weight excluding hydrogens is 352 g/mol. The quantitative estimate of drug-likeness (QED) is 0.466. The molecule has 3 nitrogen and oxygen atoms in total. The number of hydrogen-bond donors (Lipinski definition) is 0. The predicted octanol–water partition coefficient (Wildman–Crippen LogP) is 3.15. The second-order valence-corrected chi connectivity index (χ2v) is 11.1. The van der Waals surface area contributed by atoms with Crippen LogP contribution in [0, 0.1) is 17.8 Å². The van der Waals surface area contributed by atoms with Gasteiger partial charge in [-0.2, -0.15) is 0 Å². The average Bonchev–Trinajstić information content (AvgIpc) is 3.10. The Morgan fingerprint density at radius 2 is 1.63 bits per heavy atom. The molecule has 0 radical (unpaired) electrons. The molecule has 0 bridgehead atoms. The van der Waals surface area contributed by atoms with Crippen LogP contribution in [0.15, 0.2) is 72.8 Å². The molecule has 0 unspecified atom stereocenters. The molecule has 1 aliphatic carbocycles. The number of carbonyl (C=O) groups excluding carboxylic acids is 1. The van der Waals surface area contributed by atoms with Crippen molar-refractivity contribution in [2.24, 2.45) is 17.8 Å². The molecular formula is C23H26O3Si. The Morgan fingerprint density at radius 1 is 1.04 bits per heavy atom. The van der Waals surface area contributed by atoms with E-state index in [1.807, 2.05) is 19.1 Å². The molecule has 1 saturated heterocycles. The van der Waals surface area contributed by atoms with Crippen LogP contribution in [0.25, 0.3) is 0 Å². The number of allylic oxidation sites excluding steroid dienone is 1. The van der Waals surface area contributed by atoms with Crippen molar-refractivity contribution in [1.82, 2.24) is 0 Å². The third-order valence-electron chi connectivity index (χ3n) is 6.01. The SMILES string of the molecule is CCOC(=O)[C@H]1[C@H]2[C@H](C=C[C@H]1C)CO[Si]2(c1ccccc1)c1ccccc1. The van der Waals surface area contributed by atoms with Gasteiger partial charge in [0, 0.05) is 18.1 Å². The minimum absolute atomic E-state index is 0.0846. The van der Waals surface area contributed by atoms with Gasteiger partial charge in [-0.1, -0.05) is 79.7 Å². The lowest BCUT2D eigenvalue weighted by Gasteiger charge is -2.41. The van der Waals surface area contributed by atoms with Crippen molar-refractivity contribution in [2.45, 2.75) is 19.4 Å². The van der Waals surface area contributed by atoms with Gasteiger partial charge in [0.25, 0.3) is 8.32 Å². The molecule has 2 aromatic rings. The summed E-state index contributed by atoms with van der Waals surface area (Å²) in [5.41, 5.74) is 0.140. The van der Waals surface area contributed by atoms with Gasteiger partial charge in [-0.25, -0.2) is 0 Å². The van der Waals surface area contributed by atoms with Gasteiger partial charge in [0.15, 0.2) is 0 Å². The lowest BCUT2D eigenvalue weighted by atomic mass is 9.79. The van der Waals surface area contributed by atoms with Crippen molar-refractivity contribution < 1.29 is 14.0 Å². The molecule has 27 heavy (non-hydrogen) atoms. The summed E-state index contributed by atoms with van der Waals surface area (Å²) >= 11 is 0. The normalized spacial score (nSPS) is 28.5. The van der Waals surface area contributed by atoms with Crippen LogP contribution in [0.4, 0.5) is 0 Å². The van der Waals surface area contributed by atoms with Gasteiger partial charge in [0.1, 0.15) is 0 Å².